The van der Waals surface area contributed by atoms with Crippen molar-refractivity contribution >= 4 is 22.9 Å². The minimum absolute atomic E-state index is 0.579. The Bertz CT molecular complexity index is 734. The quantitative estimate of drug-likeness (QED) is 0.750. The van der Waals surface area contributed by atoms with Crippen molar-refractivity contribution in [2.45, 2.75) is 0 Å². The summed E-state index contributed by atoms with van der Waals surface area (Å²) in [7, 11) is 4.83. The molecule has 3 rings (SSSR count). The van der Waals surface area contributed by atoms with Gasteiger partial charge in [-0.2, -0.15) is 0 Å². The van der Waals surface area contributed by atoms with E-state index in [4.69, 9.17) is 26.4 Å². The number of hydrogen-bond acceptors (Lipinski definition) is 5. The zero-order valence-electron chi connectivity index (χ0n) is 15.4. The van der Waals surface area contributed by atoms with Crippen LogP contribution in [0.25, 0.3) is 0 Å². The van der Waals surface area contributed by atoms with Gasteiger partial charge < -0.3 is 24.0 Å². The molecule has 0 aliphatic carbocycles. The highest BCUT2D eigenvalue weighted by Gasteiger charge is 2.22. The molecule has 0 atom stereocenters. The second kappa shape index (κ2) is 8.27. The summed E-state index contributed by atoms with van der Waals surface area (Å²) in [6, 6.07) is 14.3. The summed E-state index contributed by atoms with van der Waals surface area (Å²) in [6.07, 6.45) is 0. The number of nitrogens with zero attached hydrogens (tertiary/aromatic N) is 2. The summed E-state index contributed by atoms with van der Waals surface area (Å²) in [6.45, 7) is 3.64. The van der Waals surface area contributed by atoms with Crippen LogP contribution in [-0.4, -0.2) is 57.4 Å². The number of para-hydroxylation sites is 1. The van der Waals surface area contributed by atoms with Gasteiger partial charge >= 0.3 is 0 Å². The highest BCUT2D eigenvalue weighted by Crippen LogP contribution is 2.38. The van der Waals surface area contributed by atoms with Crippen molar-refractivity contribution in [2.75, 3.05) is 52.4 Å². The summed E-state index contributed by atoms with van der Waals surface area (Å²) < 4.78 is 16.3. The lowest BCUT2D eigenvalue weighted by Crippen LogP contribution is -2.48. The zero-order chi connectivity index (χ0) is 18.5. The van der Waals surface area contributed by atoms with Gasteiger partial charge in [-0.3, -0.25) is 0 Å². The standard InChI is InChI=1S/C20H24N2O3S/c1-23-17-13-15(14-18(24-2)19(17)25-3)20(26)22-11-9-21(10-12-22)16-7-5-4-6-8-16/h4-8,13-14H,9-12H2,1-3H3. The zero-order valence-corrected chi connectivity index (χ0v) is 16.2. The smallest absolute Gasteiger partial charge is 0.203 e. The summed E-state index contributed by atoms with van der Waals surface area (Å²) in [5.41, 5.74) is 2.16. The topological polar surface area (TPSA) is 34.2 Å². The maximum Gasteiger partial charge on any atom is 0.203 e. The Morgan fingerprint density at radius 3 is 1.92 bits per heavy atom. The van der Waals surface area contributed by atoms with E-state index in [0.717, 1.165) is 36.7 Å². The fourth-order valence-corrected chi connectivity index (χ4v) is 3.49. The lowest BCUT2D eigenvalue weighted by molar-refractivity contribution is 0.324. The third-order valence-electron chi connectivity index (χ3n) is 4.60. The molecule has 138 valence electrons. The van der Waals surface area contributed by atoms with Crippen LogP contribution < -0.4 is 19.1 Å². The Balaban J connectivity index is 1.74. The van der Waals surface area contributed by atoms with Crippen molar-refractivity contribution in [3.8, 4) is 17.2 Å². The van der Waals surface area contributed by atoms with Crippen LogP contribution in [0.15, 0.2) is 42.5 Å². The van der Waals surface area contributed by atoms with E-state index in [2.05, 4.69) is 34.1 Å². The van der Waals surface area contributed by atoms with E-state index in [9.17, 15) is 0 Å². The van der Waals surface area contributed by atoms with Crippen molar-refractivity contribution in [1.82, 2.24) is 4.90 Å². The number of anilines is 1. The van der Waals surface area contributed by atoms with Gasteiger partial charge in [0.15, 0.2) is 11.5 Å². The minimum atomic E-state index is 0.579. The van der Waals surface area contributed by atoms with Crippen molar-refractivity contribution in [1.29, 1.82) is 0 Å². The highest BCUT2D eigenvalue weighted by molar-refractivity contribution is 7.80. The van der Waals surface area contributed by atoms with Gasteiger partial charge in [-0.05, 0) is 24.3 Å². The molecule has 0 amide bonds. The van der Waals surface area contributed by atoms with Gasteiger partial charge in [-0.15, -0.1) is 0 Å². The van der Waals surface area contributed by atoms with Gasteiger partial charge in [-0.1, -0.05) is 30.4 Å². The summed E-state index contributed by atoms with van der Waals surface area (Å²) in [4.78, 5) is 5.42. The number of methoxy groups -OCH3 is 3. The Labute approximate surface area is 160 Å². The highest BCUT2D eigenvalue weighted by atomic mass is 32.1. The maximum absolute atomic E-state index is 5.75. The van der Waals surface area contributed by atoms with Crippen LogP contribution in [0, 0.1) is 0 Å². The Kier molecular flexibility index (Phi) is 5.83. The van der Waals surface area contributed by atoms with Crippen LogP contribution in [0.1, 0.15) is 5.56 Å². The average molecular weight is 372 g/mol. The van der Waals surface area contributed by atoms with E-state index in [1.807, 2.05) is 18.2 Å². The summed E-state index contributed by atoms with van der Waals surface area (Å²) >= 11 is 5.75. The van der Waals surface area contributed by atoms with Gasteiger partial charge in [-0.25, -0.2) is 0 Å². The second-order valence-corrected chi connectivity index (χ2v) is 6.42. The largest absolute Gasteiger partial charge is 0.493 e. The van der Waals surface area contributed by atoms with Crippen molar-refractivity contribution in [3.05, 3.63) is 48.0 Å². The first-order valence-corrected chi connectivity index (χ1v) is 8.98. The molecule has 0 saturated carbocycles. The van der Waals surface area contributed by atoms with Gasteiger partial charge in [0.25, 0.3) is 0 Å². The van der Waals surface area contributed by atoms with E-state index in [0.29, 0.717) is 17.2 Å². The first-order chi connectivity index (χ1) is 12.7. The number of benzene rings is 2. The van der Waals surface area contributed by atoms with E-state index in [-0.39, 0.29) is 0 Å². The fraction of sp³-hybridized carbons (Fsp3) is 0.350. The maximum atomic E-state index is 5.75. The van der Waals surface area contributed by atoms with Crippen LogP contribution in [-0.2, 0) is 0 Å². The molecule has 2 aromatic rings. The molecule has 0 radical (unpaired) electrons. The molecule has 1 heterocycles. The van der Waals surface area contributed by atoms with E-state index in [1.165, 1.54) is 5.69 Å². The van der Waals surface area contributed by atoms with Crippen LogP contribution in [0.4, 0.5) is 5.69 Å². The molecule has 2 aromatic carbocycles. The first-order valence-electron chi connectivity index (χ1n) is 8.57. The van der Waals surface area contributed by atoms with Gasteiger partial charge in [0.05, 0.1) is 21.3 Å². The third kappa shape index (κ3) is 3.70. The predicted octanol–water partition coefficient (Wildman–Crippen LogP) is 3.21. The lowest BCUT2D eigenvalue weighted by atomic mass is 10.1. The molecular weight excluding hydrogens is 348 g/mol. The molecule has 6 heteroatoms. The molecule has 26 heavy (non-hydrogen) atoms. The third-order valence-corrected chi connectivity index (χ3v) is 5.09. The molecule has 0 spiro atoms. The average Bonchev–Trinajstić information content (AvgIpc) is 2.72. The SMILES string of the molecule is COc1cc(C(=S)N2CCN(c3ccccc3)CC2)cc(OC)c1OC. The van der Waals surface area contributed by atoms with Gasteiger partial charge in [0.1, 0.15) is 4.99 Å². The molecule has 0 N–H and O–H groups in total. The van der Waals surface area contributed by atoms with Gasteiger partial charge in [0.2, 0.25) is 5.75 Å². The minimum Gasteiger partial charge on any atom is -0.493 e. The number of ether oxygens (including phenoxy) is 3. The molecule has 1 fully saturated rings. The fourth-order valence-electron chi connectivity index (χ4n) is 3.19. The van der Waals surface area contributed by atoms with Gasteiger partial charge in [0, 0.05) is 37.4 Å². The van der Waals surface area contributed by atoms with E-state index in [1.54, 1.807) is 21.3 Å². The Morgan fingerprint density at radius 1 is 0.846 bits per heavy atom. The number of rotatable bonds is 5. The van der Waals surface area contributed by atoms with Crippen molar-refractivity contribution in [2.24, 2.45) is 0 Å². The van der Waals surface area contributed by atoms with E-state index >= 15 is 0 Å². The molecule has 5 nitrogen and oxygen atoms in total. The number of piperazine rings is 1. The van der Waals surface area contributed by atoms with E-state index < -0.39 is 0 Å². The van der Waals surface area contributed by atoms with Crippen LogP contribution >= 0.6 is 12.2 Å². The normalized spacial score (nSPS) is 14.1. The molecule has 1 aliphatic heterocycles. The Hall–Kier alpha value is -2.47. The second-order valence-electron chi connectivity index (χ2n) is 6.03. The number of thiocarbonyl (C=S) groups is 1. The van der Waals surface area contributed by atoms with Crippen LogP contribution in [0.5, 0.6) is 17.2 Å². The lowest BCUT2D eigenvalue weighted by Gasteiger charge is -2.37. The van der Waals surface area contributed by atoms with Crippen LogP contribution in [0.2, 0.25) is 0 Å². The monoisotopic (exact) mass is 372 g/mol. The summed E-state index contributed by atoms with van der Waals surface area (Å²) in [5.74, 6) is 1.81. The van der Waals surface area contributed by atoms with Crippen molar-refractivity contribution < 1.29 is 14.2 Å². The Morgan fingerprint density at radius 2 is 1.42 bits per heavy atom. The van der Waals surface area contributed by atoms with Crippen molar-refractivity contribution in [3.63, 3.8) is 0 Å². The number of hydrogen-bond donors (Lipinski definition) is 0. The molecule has 0 unspecified atom stereocenters. The molecule has 1 saturated heterocycles. The molecule has 1 aliphatic rings. The predicted molar refractivity (Wildman–Crippen MR) is 108 cm³/mol. The van der Waals surface area contributed by atoms with Crippen LogP contribution in [0.3, 0.4) is 0 Å². The molecule has 0 bridgehead atoms. The summed E-state index contributed by atoms with van der Waals surface area (Å²) in [5, 5.41) is 0. The first kappa shape index (κ1) is 18.3. The molecule has 0 aromatic heterocycles. The molecular formula is C20H24N2O3S.